The van der Waals surface area contributed by atoms with Crippen LogP contribution in [0, 0.1) is 29.7 Å². The summed E-state index contributed by atoms with van der Waals surface area (Å²) in [5.41, 5.74) is 0. The minimum atomic E-state index is -1.76. The molecule has 150 valence electrons. The van der Waals surface area contributed by atoms with E-state index in [1.807, 2.05) is 10.6 Å². The molecule has 0 heterocycles. The molecular weight excluding hydrogens is 450 g/mol. The van der Waals surface area contributed by atoms with Gasteiger partial charge >= 0.3 is 46.5 Å². The van der Waals surface area contributed by atoms with E-state index >= 15 is 0 Å². The summed E-state index contributed by atoms with van der Waals surface area (Å²) in [7, 11) is 10.7. The van der Waals surface area contributed by atoms with Crippen LogP contribution in [-0.2, 0) is 18.9 Å². The molecule has 27 heavy (non-hydrogen) atoms. The van der Waals surface area contributed by atoms with E-state index in [2.05, 4.69) is 84.9 Å². The van der Waals surface area contributed by atoms with Gasteiger partial charge in [0.15, 0.2) is 0 Å². The van der Waals surface area contributed by atoms with E-state index in [4.69, 9.17) is 17.0 Å². The Morgan fingerprint density at radius 1 is 0.667 bits per heavy atom. The van der Waals surface area contributed by atoms with Crippen molar-refractivity contribution in [2.75, 3.05) is 0 Å². The Morgan fingerprint density at radius 3 is 1.30 bits per heavy atom. The van der Waals surface area contributed by atoms with Crippen LogP contribution in [0.1, 0.15) is 6.92 Å². The van der Waals surface area contributed by atoms with Crippen LogP contribution in [0.4, 0.5) is 0 Å². The first-order valence-corrected chi connectivity index (χ1v) is 15.1. The minimum absolute atomic E-state index is 0. The fourth-order valence-corrected chi connectivity index (χ4v) is 2.14. The Kier molecular flexibility index (Phi) is 19.5. The van der Waals surface area contributed by atoms with Crippen molar-refractivity contribution in [3.63, 3.8) is 0 Å². The predicted octanol–water partition coefficient (Wildman–Crippen LogP) is 8.65. The van der Waals surface area contributed by atoms with Crippen LogP contribution in [0.3, 0.4) is 0 Å². The zero-order valence-electron chi connectivity index (χ0n) is 16.9. The van der Waals surface area contributed by atoms with Crippen molar-refractivity contribution in [3.8, 4) is 0 Å². The van der Waals surface area contributed by atoms with Crippen LogP contribution in [0.15, 0.2) is 84.9 Å². The van der Waals surface area contributed by atoms with Gasteiger partial charge in [-0.1, -0.05) is 12.1 Å². The first-order valence-electron chi connectivity index (χ1n) is 7.39. The van der Waals surface area contributed by atoms with E-state index in [9.17, 15) is 0 Å². The Balaban J connectivity index is -0.000000310. The first kappa shape index (κ1) is 30.7. The van der Waals surface area contributed by atoms with Crippen LogP contribution < -0.4 is 0 Å². The van der Waals surface area contributed by atoms with Gasteiger partial charge in [-0.2, -0.15) is 35.0 Å². The summed E-state index contributed by atoms with van der Waals surface area (Å²) in [5.74, 6) is 0. The molecule has 0 bridgehead atoms. The maximum atomic E-state index is 5.37. The van der Waals surface area contributed by atoms with E-state index in [1.54, 1.807) is 0 Å². The molecule has 0 N–H and O–H groups in total. The molecule has 0 atom stereocenters. The van der Waals surface area contributed by atoms with Gasteiger partial charge in [-0.3, -0.25) is 0 Å². The zero-order chi connectivity index (χ0) is 16.5. The Morgan fingerprint density at radius 2 is 1.00 bits per heavy atom. The standard InChI is InChI=1S/2C9H7.C2H4.4CH3.2ClH.Zr/c2*1-2-5-9-7-3-6-8(9)4-1;1-2;;;;;;;/h2*1-7H;1H,2H3;4*1H3;2*1H;/q2*-1;;4*-1;;;+2/p-2. The molecule has 4 rings (SSSR count). The number of fused-ring (bicyclic) bond motifs is 2. The van der Waals surface area contributed by atoms with Gasteiger partial charge in [0.05, 0.1) is 0 Å². The summed E-state index contributed by atoms with van der Waals surface area (Å²) in [6.07, 6.45) is 0. The topological polar surface area (TPSA) is 0 Å². The van der Waals surface area contributed by atoms with Crippen LogP contribution in [0.5, 0.6) is 0 Å². The van der Waals surface area contributed by atoms with Gasteiger partial charge in [0.2, 0.25) is 0 Å². The number of benzene rings is 2. The molecule has 0 nitrogen and oxygen atoms in total. The van der Waals surface area contributed by atoms with Crippen LogP contribution in [0.25, 0.3) is 21.5 Å². The average molecular weight is 481 g/mol. The normalized spacial score (nSPS) is 8.11. The number of hydrogen-bond donors (Lipinski definition) is 0. The second-order valence-electron chi connectivity index (χ2n) is 4.89. The number of hydrogen-bond acceptors (Lipinski definition) is 0. The fourth-order valence-electron chi connectivity index (χ4n) is 2.14. The van der Waals surface area contributed by atoms with Crippen molar-refractivity contribution in [1.29, 1.82) is 0 Å². The smallest absolute Gasteiger partial charge is 0.0809 e. The van der Waals surface area contributed by atoms with Gasteiger partial charge in [0.1, 0.15) is 0 Å². The summed E-state index contributed by atoms with van der Waals surface area (Å²) in [6.45, 7) is 1.90. The maximum absolute atomic E-state index is 5.37. The summed E-state index contributed by atoms with van der Waals surface area (Å²) < 4.78 is 1.89. The average Bonchev–Trinajstić information content (AvgIpc) is 3.24. The molecule has 0 radical (unpaired) electrons. The predicted molar refractivity (Wildman–Crippen MR) is 128 cm³/mol. The summed E-state index contributed by atoms with van der Waals surface area (Å²) >= 11 is -1.76. The van der Waals surface area contributed by atoms with Gasteiger partial charge in [-0.05, 0) is 0 Å². The minimum Gasteiger partial charge on any atom is -0.358 e. The molecule has 0 aliphatic heterocycles. The third-order valence-corrected chi connectivity index (χ3v) is 6.97. The van der Waals surface area contributed by atoms with Gasteiger partial charge in [-0.15, -0.1) is 59.3 Å². The second kappa shape index (κ2) is 17.1. The van der Waals surface area contributed by atoms with E-state index in [0.29, 0.717) is 0 Å². The van der Waals surface area contributed by atoms with Gasteiger partial charge in [0.25, 0.3) is 0 Å². The molecule has 0 saturated heterocycles. The molecular formula is C24H30Cl2Zr-6. The monoisotopic (exact) mass is 478 g/mol. The molecule has 4 aromatic carbocycles. The van der Waals surface area contributed by atoms with E-state index < -0.39 is 18.9 Å². The molecule has 0 fully saturated rings. The summed E-state index contributed by atoms with van der Waals surface area (Å²) in [6, 6.07) is 29.3. The molecule has 0 unspecified atom stereocenters. The molecule has 3 heteroatoms. The fraction of sp³-hybridized carbons (Fsp3) is 0.0417. The van der Waals surface area contributed by atoms with Crippen molar-refractivity contribution < 1.29 is 18.9 Å². The van der Waals surface area contributed by atoms with Crippen LogP contribution in [-0.4, -0.2) is 3.71 Å². The molecule has 4 aromatic rings. The zero-order valence-corrected chi connectivity index (χ0v) is 20.9. The van der Waals surface area contributed by atoms with Crippen molar-refractivity contribution in [2.45, 2.75) is 6.92 Å². The molecule has 0 saturated carbocycles. The van der Waals surface area contributed by atoms with Gasteiger partial charge in [-0.25, -0.2) is 0 Å². The third-order valence-electron chi connectivity index (χ3n) is 3.31. The summed E-state index contributed by atoms with van der Waals surface area (Å²) in [5, 5.41) is 5.32. The largest absolute Gasteiger partial charge is 0.358 e. The van der Waals surface area contributed by atoms with E-state index in [-0.39, 0.29) is 29.7 Å². The Hall–Kier alpha value is -1.01. The molecule has 0 aliphatic carbocycles. The van der Waals surface area contributed by atoms with Crippen LogP contribution >= 0.6 is 17.0 Å². The Labute approximate surface area is 181 Å². The SMILES string of the molecule is C[CH]=[Zr]([Cl])[Cl].[CH3-].[CH3-].[CH3-].[CH3-].c1ccc2[cH-]ccc2c1.c1ccc2[cH-]ccc2c1. The first-order chi connectivity index (χ1) is 11.2. The number of rotatable bonds is 0. The molecule has 0 aliphatic rings. The quantitative estimate of drug-likeness (QED) is 0.221. The van der Waals surface area contributed by atoms with Gasteiger partial charge < -0.3 is 29.7 Å². The number of halogens is 2. The van der Waals surface area contributed by atoms with E-state index in [0.717, 1.165) is 0 Å². The van der Waals surface area contributed by atoms with E-state index in [1.165, 1.54) is 21.5 Å². The van der Waals surface area contributed by atoms with Crippen molar-refractivity contribution in [1.82, 2.24) is 0 Å². The van der Waals surface area contributed by atoms with Gasteiger partial charge in [0, 0.05) is 0 Å². The Bertz CT molecular complexity index is 742. The molecule has 0 aromatic heterocycles. The molecule has 0 amide bonds. The van der Waals surface area contributed by atoms with Crippen LogP contribution in [0.2, 0.25) is 0 Å². The van der Waals surface area contributed by atoms with Crippen molar-refractivity contribution in [3.05, 3.63) is 115 Å². The molecule has 0 spiro atoms. The maximum Gasteiger partial charge on any atom is -0.0809 e. The third kappa shape index (κ3) is 10.8. The van der Waals surface area contributed by atoms with Crippen molar-refractivity contribution >= 4 is 42.3 Å². The van der Waals surface area contributed by atoms with Crippen molar-refractivity contribution in [2.24, 2.45) is 0 Å². The second-order valence-corrected chi connectivity index (χ2v) is 13.7. The summed E-state index contributed by atoms with van der Waals surface area (Å²) in [4.78, 5) is 0.